The predicted octanol–water partition coefficient (Wildman–Crippen LogP) is 3.18. The highest BCUT2D eigenvalue weighted by molar-refractivity contribution is 5.15. The lowest BCUT2D eigenvalue weighted by Gasteiger charge is -2.02. The lowest BCUT2D eigenvalue weighted by molar-refractivity contribution is 0.626. The van der Waals surface area contributed by atoms with Gasteiger partial charge in [-0.25, -0.2) is 4.68 Å². The number of benzene rings is 1. The lowest BCUT2D eigenvalue weighted by atomic mass is 10.2. The van der Waals surface area contributed by atoms with E-state index in [0.717, 1.165) is 18.7 Å². The van der Waals surface area contributed by atoms with Gasteiger partial charge in [-0.3, -0.25) is 0 Å². The quantitative estimate of drug-likeness (QED) is 0.724. The van der Waals surface area contributed by atoms with Crippen LogP contribution in [0.2, 0.25) is 0 Å². The van der Waals surface area contributed by atoms with Gasteiger partial charge in [0.15, 0.2) is 5.82 Å². The van der Waals surface area contributed by atoms with Crippen molar-refractivity contribution in [2.24, 2.45) is 0 Å². The molecule has 0 atom stereocenters. The smallest absolute Gasteiger partial charge is 0.155 e. The van der Waals surface area contributed by atoms with E-state index in [-0.39, 0.29) is 0 Å². The molecule has 1 heterocycles. The molecule has 0 N–H and O–H groups in total. The molecule has 1 aromatic heterocycles. The summed E-state index contributed by atoms with van der Waals surface area (Å²) in [6.07, 6.45) is 11.4. The van der Waals surface area contributed by atoms with Gasteiger partial charge in [-0.15, -0.1) is 5.10 Å². The van der Waals surface area contributed by atoms with E-state index < -0.39 is 0 Å². The molecule has 0 radical (unpaired) electrons. The second-order valence-corrected chi connectivity index (χ2v) is 4.59. The van der Waals surface area contributed by atoms with Crippen molar-refractivity contribution in [2.45, 2.75) is 32.7 Å². The summed E-state index contributed by atoms with van der Waals surface area (Å²) in [7, 11) is 0. The van der Waals surface area contributed by atoms with Crippen LogP contribution in [0.15, 0.2) is 54.6 Å². The Morgan fingerprint density at radius 1 is 1.10 bits per heavy atom. The summed E-state index contributed by atoms with van der Waals surface area (Å²) in [6.45, 7) is 2.88. The molecular weight excluding hydrogens is 248 g/mol. The van der Waals surface area contributed by atoms with Gasteiger partial charge >= 0.3 is 0 Å². The Balaban J connectivity index is 1.92. The predicted molar refractivity (Wildman–Crippen MR) is 80.3 cm³/mol. The second kappa shape index (κ2) is 8.04. The van der Waals surface area contributed by atoms with Gasteiger partial charge in [0.1, 0.15) is 0 Å². The first-order chi connectivity index (χ1) is 9.90. The number of tetrazole rings is 1. The lowest BCUT2D eigenvalue weighted by Crippen LogP contribution is -2.06. The Kier molecular flexibility index (Phi) is 5.71. The van der Waals surface area contributed by atoms with E-state index in [0.29, 0.717) is 6.54 Å². The maximum atomic E-state index is 4.07. The third-order valence-corrected chi connectivity index (χ3v) is 2.92. The molecular formula is C16H20N4. The van der Waals surface area contributed by atoms with Crippen LogP contribution in [0.3, 0.4) is 0 Å². The molecule has 0 aliphatic carbocycles. The van der Waals surface area contributed by atoms with Gasteiger partial charge in [-0.1, -0.05) is 68.0 Å². The van der Waals surface area contributed by atoms with E-state index in [9.17, 15) is 0 Å². The van der Waals surface area contributed by atoms with Gasteiger partial charge in [-0.2, -0.15) is 0 Å². The minimum atomic E-state index is 0.711. The van der Waals surface area contributed by atoms with Crippen molar-refractivity contribution in [3.8, 4) is 0 Å². The largest absolute Gasteiger partial charge is 0.225 e. The third-order valence-electron chi connectivity index (χ3n) is 2.92. The summed E-state index contributed by atoms with van der Waals surface area (Å²) in [4.78, 5) is 0. The monoisotopic (exact) mass is 268 g/mol. The van der Waals surface area contributed by atoms with Crippen LogP contribution in [-0.4, -0.2) is 20.2 Å². The molecule has 0 saturated heterocycles. The van der Waals surface area contributed by atoms with Crippen molar-refractivity contribution < 1.29 is 0 Å². The van der Waals surface area contributed by atoms with Crippen LogP contribution in [0.25, 0.3) is 0 Å². The summed E-state index contributed by atoms with van der Waals surface area (Å²) in [5, 5.41) is 11.9. The first-order valence-corrected chi connectivity index (χ1v) is 7.00. The molecule has 0 bridgehead atoms. The van der Waals surface area contributed by atoms with Crippen molar-refractivity contribution >= 4 is 0 Å². The molecule has 0 saturated carbocycles. The fourth-order valence-electron chi connectivity index (χ4n) is 1.84. The summed E-state index contributed by atoms with van der Waals surface area (Å²) in [5.41, 5.74) is 1.20. The Bertz CT molecular complexity index is 555. The van der Waals surface area contributed by atoms with E-state index in [2.05, 4.69) is 58.9 Å². The zero-order chi connectivity index (χ0) is 14.0. The van der Waals surface area contributed by atoms with Gasteiger partial charge in [0, 0.05) is 6.42 Å². The molecule has 0 unspecified atom stereocenters. The number of allylic oxidation sites excluding steroid dienone is 4. The zero-order valence-corrected chi connectivity index (χ0v) is 11.8. The standard InChI is InChI=1S/C16H20N4/c1-2-3-4-5-6-10-13-16-17-18-19-20(16)14-15-11-8-7-9-12-15/h4-12H,2-3,13-14H2,1H3/b5-4-,10-6-. The summed E-state index contributed by atoms with van der Waals surface area (Å²) in [6, 6.07) is 10.2. The van der Waals surface area contributed by atoms with E-state index in [1.165, 1.54) is 12.0 Å². The highest BCUT2D eigenvalue weighted by Crippen LogP contribution is 2.03. The molecule has 4 nitrogen and oxygen atoms in total. The van der Waals surface area contributed by atoms with E-state index in [1.807, 2.05) is 22.9 Å². The van der Waals surface area contributed by atoms with Crippen LogP contribution >= 0.6 is 0 Å². The van der Waals surface area contributed by atoms with Gasteiger partial charge in [-0.05, 0) is 22.4 Å². The Hall–Kier alpha value is -2.23. The van der Waals surface area contributed by atoms with Crippen LogP contribution in [0, 0.1) is 0 Å². The van der Waals surface area contributed by atoms with Gasteiger partial charge < -0.3 is 0 Å². The fourth-order valence-corrected chi connectivity index (χ4v) is 1.84. The molecule has 104 valence electrons. The summed E-state index contributed by atoms with van der Waals surface area (Å²) in [5.74, 6) is 0.883. The Morgan fingerprint density at radius 3 is 2.70 bits per heavy atom. The molecule has 0 amide bonds. The van der Waals surface area contributed by atoms with Crippen molar-refractivity contribution in [3.05, 3.63) is 66.0 Å². The maximum absolute atomic E-state index is 4.07. The van der Waals surface area contributed by atoms with Crippen LogP contribution < -0.4 is 0 Å². The minimum absolute atomic E-state index is 0.711. The second-order valence-electron chi connectivity index (χ2n) is 4.59. The first-order valence-electron chi connectivity index (χ1n) is 7.00. The number of aromatic nitrogens is 4. The molecule has 2 rings (SSSR count). The number of hydrogen-bond acceptors (Lipinski definition) is 3. The van der Waals surface area contributed by atoms with E-state index in [4.69, 9.17) is 0 Å². The van der Waals surface area contributed by atoms with Crippen molar-refractivity contribution in [1.82, 2.24) is 20.2 Å². The van der Waals surface area contributed by atoms with Crippen molar-refractivity contribution in [2.75, 3.05) is 0 Å². The molecule has 0 spiro atoms. The van der Waals surface area contributed by atoms with Gasteiger partial charge in [0.2, 0.25) is 0 Å². The average molecular weight is 268 g/mol. The molecule has 4 heteroatoms. The molecule has 1 aromatic carbocycles. The van der Waals surface area contributed by atoms with Crippen LogP contribution in [-0.2, 0) is 13.0 Å². The van der Waals surface area contributed by atoms with Crippen molar-refractivity contribution in [3.63, 3.8) is 0 Å². The summed E-state index contributed by atoms with van der Waals surface area (Å²) < 4.78 is 1.84. The SMILES string of the molecule is CCC/C=C\C=C/Cc1nnnn1Cc1ccccc1. The number of hydrogen-bond donors (Lipinski definition) is 0. The number of rotatable bonds is 7. The highest BCUT2D eigenvalue weighted by Gasteiger charge is 2.04. The van der Waals surface area contributed by atoms with Gasteiger partial charge in [0.25, 0.3) is 0 Å². The molecule has 2 aromatic rings. The van der Waals surface area contributed by atoms with Crippen LogP contribution in [0.1, 0.15) is 31.2 Å². The average Bonchev–Trinajstić information content (AvgIpc) is 2.91. The number of unbranched alkanes of at least 4 members (excludes halogenated alkanes) is 1. The zero-order valence-electron chi connectivity index (χ0n) is 11.8. The first kappa shape index (κ1) is 14.2. The number of nitrogens with zero attached hydrogens (tertiary/aromatic N) is 4. The van der Waals surface area contributed by atoms with Crippen LogP contribution in [0.5, 0.6) is 0 Å². The fraction of sp³-hybridized carbons (Fsp3) is 0.312. The molecule has 0 aliphatic rings. The maximum Gasteiger partial charge on any atom is 0.155 e. The highest BCUT2D eigenvalue weighted by atomic mass is 15.5. The Labute approximate surface area is 119 Å². The third kappa shape index (κ3) is 4.46. The van der Waals surface area contributed by atoms with E-state index >= 15 is 0 Å². The molecule has 0 fully saturated rings. The minimum Gasteiger partial charge on any atom is -0.225 e. The molecule has 20 heavy (non-hydrogen) atoms. The van der Waals surface area contributed by atoms with Crippen LogP contribution in [0.4, 0.5) is 0 Å². The Morgan fingerprint density at radius 2 is 1.90 bits per heavy atom. The summed E-state index contributed by atoms with van der Waals surface area (Å²) >= 11 is 0. The topological polar surface area (TPSA) is 43.6 Å². The van der Waals surface area contributed by atoms with Gasteiger partial charge in [0.05, 0.1) is 6.54 Å². The normalized spacial score (nSPS) is 11.7. The molecule has 0 aliphatic heterocycles. The van der Waals surface area contributed by atoms with E-state index in [1.54, 1.807) is 0 Å². The van der Waals surface area contributed by atoms with Crippen molar-refractivity contribution in [1.29, 1.82) is 0 Å².